The smallest absolute Gasteiger partial charge is 0.317 e. The van der Waals surface area contributed by atoms with E-state index < -0.39 is 0 Å². The minimum atomic E-state index is -0.115. The van der Waals surface area contributed by atoms with E-state index in [0.717, 1.165) is 36.3 Å². The van der Waals surface area contributed by atoms with Crippen LogP contribution in [0, 0.1) is 0 Å². The first-order valence-corrected chi connectivity index (χ1v) is 9.73. The van der Waals surface area contributed by atoms with Gasteiger partial charge < -0.3 is 15.1 Å². The number of thiazole rings is 1. The number of likely N-dealkylation sites (tertiary alicyclic amines) is 1. The monoisotopic (exact) mass is 348 g/mol. The highest BCUT2D eigenvalue weighted by molar-refractivity contribution is 7.11. The van der Waals surface area contributed by atoms with E-state index in [-0.39, 0.29) is 17.5 Å². The Labute approximate surface area is 146 Å². The molecule has 0 unspecified atom stereocenters. The third kappa shape index (κ3) is 2.49. The molecule has 1 N–H and O–H groups in total. The van der Waals surface area contributed by atoms with Crippen molar-refractivity contribution in [1.29, 1.82) is 0 Å². The number of nitrogens with one attached hydrogen (secondary N) is 1. The highest BCUT2D eigenvalue weighted by atomic mass is 32.1. The van der Waals surface area contributed by atoms with Crippen molar-refractivity contribution in [2.45, 2.75) is 50.0 Å². The number of aromatic nitrogens is 1. The topological polar surface area (TPSA) is 65.5 Å². The Morgan fingerprint density at radius 2 is 2.04 bits per heavy atom. The van der Waals surface area contributed by atoms with Crippen LogP contribution in [-0.2, 0) is 0 Å². The van der Waals surface area contributed by atoms with Crippen molar-refractivity contribution in [3.63, 3.8) is 0 Å². The summed E-state index contributed by atoms with van der Waals surface area (Å²) in [6.07, 6.45) is 6.49. The maximum Gasteiger partial charge on any atom is 0.317 e. The predicted molar refractivity (Wildman–Crippen MR) is 92.4 cm³/mol. The van der Waals surface area contributed by atoms with Crippen LogP contribution in [0.15, 0.2) is 5.51 Å². The van der Waals surface area contributed by atoms with Crippen LogP contribution in [-0.4, -0.2) is 58.9 Å². The van der Waals surface area contributed by atoms with Gasteiger partial charge >= 0.3 is 6.03 Å². The molecule has 1 aromatic rings. The Hall–Kier alpha value is -1.63. The number of carbonyl (C=O) groups excluding carboxylic acids is 2. The SMILES string of the molecule is CN1C(=O)NCC12CCN(C(=O)c1scnc1C1CCCC1)CC2. The van der Waals surface area contributed by atoms with Gasteiger partial charge in [0.15, 0.2) is 0 Å². The molecule has 1 saturated carbocycles. The third-order valence-electron chi connectivity index (χ3n) is 6.10. The predicted octanol–water partition coefficient (Wildman–Crippen LogP) is 2.43. The van der Waals surface area contributed by atoms with Crippen molar-refractivity contribution in [2.24, 2.45) is 0 Å². The van der Waals surface area contributed by atoms with Crippen LogP contribution >= 0.6 is 11.3 Å². The summed E-state index contributed by atoms with van der Waals surface area (Å²) in [5.74, 6) is 0.600. The molecule has 1 spiro atoms. The summed E-state index contributed by atoms with van der Waals surface area (Å²) in [7, 11) is 1.86. The summed E-state index contributed by atoms with van der Waals surface area (Å²) in [4.78, 5) is 33.9. The van der Waals surface area contributed by atoms with Gasteiger partial charge in [0.1, 0.15) is 4.88 Å². The molecule has 1 aromatic heterocycles. The van der Waals surface area contributed by atoms with Gasteiger partial charge in [0.25, 0.3) is 5.91 Å². The van der Waals surface area contributed by atoms with E-state index >= 15 is 0 Å². The van der Waals surface area contributed by atoms with E-state index in [4.69, 9.17) is 0 Å². The number of nitrogens with zero attached hydrogens (tertiary/aromatic N) is 3. The summed E-state index contributed by atoms with van der Waals surface area (Å²) < 4.78 is 0. The molecule has 0 atom stereocenters. The van der Waals surface area contributed by atoms with E-state index in [1.54, 1.807) is 0 Å². The van der Waals surface area contributed by atoms with Crippen LogP contribution in [0.5, 0.6) is 0 Å². The van der Waals surface area contributed by atoms with Gasteiger partial charge in [0, 0.05) is 32.6 Å². The second kappa shape index (κ2) is 6.02. The summed E-state index contributed by atoms with van der Waals surface area (Å²) in [6.45, 7) is 2.11. The fourth-order valence-electron chi connectivity index (χ4n) is 4.38. The van der Waals surface area contributed by atoms with Gasteiger partial charge in [-0.15, -0.1) is 11.3 Å². The molecule has 6 nitrogen and oxygen atoms in total. The molecule has 24 heavy (non-hydrogen) atoms. The maximum atomic E-state index is 13.0. The molecule has 2 aliphatic heterocycles. The fourth-order valence-corrected chi connectivity index (χ4v) is 5.22. The number of carbonyl (C=O) groups is 2. The molecule has 0 aromatic carbocycles. The Balaban J connectivity index is 1.46. The highest BCUT2D eigenvalue weighted by Crippen LogP contribution is 2.37. The lowest BCUT2D eigenvalue weighted by Crippen LogP contribution is -2.54. The number of hydrogen-bond donors (Lipinski definition) is 1. The number of urea groups is 1. The summed E-state index contributed by atoms with van der Waals surface area (Å²) in [5, 5.41) is 2.92. The lowest BCUT2D eigenvalue weighted by molar-refractivity contribution is 0.0568. The van der Waals surface area contributed by atoms with Gasteiger partial charge in [-0.05, 0) is 25.7 Å². The van der Waals surface area contributed by atoms with E-state index in [9.17, 15) is 9.59 Å². The molecule has 0 bridgehead atoms. The van der Waals surface area contributed by atoms with Gasteiger partial charge in [-0.3, -0.25) is 4.79 Å². The normalized spacial score (nSPS) is 24.0. The van der Waals surface area contributed by atoms with Crippen molar-refractivity contribution < 1.29 is 9.59 Å². The molecule has 0 radical (unpaired) electrons. The van der Waals surface area contributed by atoms with Crippen LogP contribution in [0.4, 0.5) is 4.79 Å². The number of hydrogen-bond acceptors (Lipinski definition) is 4. The summed E-state index contributed by atoms with van der Waals surface area (Å²) in [6, 6.07) is 0.000697. The molecule has 7 heteroatoms. The van der Waals surface area contributed by atoms with Crippen LogP contribution < -0.4 is 5.32 Å². The van der Waals surface area contributed by atoms with Crippen molar-refractivity contribution in [3.8, 4) is 0 Å². The first-order chi connectivity index (χ1) is 11.6. The molecule has 3 fully saturated rings. The average molecular weight is 348 g/mol. The van der Waals surface area contributed by atoms with Gasteiger partial charge in [0.2, 0.25) is 0 Å². The van der Waals surface area contributed by atoms with Crippen molar-refractivity contribution in [2.75, 3.05) is 26.7 Å². The van der Waals surface area contributed by atoms with Crippen molar-refractivity contribution >= 4 is 23.3 Å². The number of likely N-dealkylation sites (N-methyl/N-ethyl adjacent to an activating group) is 1. The zero-order chi connectivity index (χ0) is 16.7. The second-order valence-electron chi connectivity index (χ2n) is 7.28. The quantitative estimate of drug-likeness (QED) is 0.893. The minimum absolute atomic E-state index is 0.000697. The highest BCUT2D eigenvalue weighted by Gasteiger charge is 2.46. The first kappa shape index (κ1) is 15.9. The molecular formula is C17H24N4O2S. The van der Waals surface area contributed by atoms with Crippen LogP contribution in [0.3, 0.4) is 0 Å². The van der Waals surface area contributed by atoms with Crippen LogP contribution in [0.1, 0.15) is 59.8 Å². The molecule has 3 heterocycles. The molecule has 130 valence electrons. The van der Waals surface area contributed by atoms with Crippen molar-refractivity contribution in [1.82, 2.24) is 20.1 Å². The average Bonchev–Trinajstić information content (AvgIpc) is 3.33. The third-order valence-corrected chi connectivity index (χ3v) is 6.93. The number of piperidine rings is 1. The van der Waals surface area contributed by atoms with Gasteiger partial charge in [-0.25, -0.2) is 9.78 Å². The molecular weight excluding hydrogens is 324 g/mol. The molecule has 4 rings (SSSR count). The zero-order valence-corrected chi connectivity index (χ0v) is 14.9. The van der Waals surface area contributed by atoms with Crippen LogP contribution in [0.25, 0.3) is 0 Å². The van der Waals surface area contributed by atoms with Gasteiger partial charge in [-0.2, -0.15) is 0 Å². The van der Waals surface area contributed by atoms with Gasteiger partial charge in [0.05, 0.1) is 16.7 Å². The Morgan fingerprint density at radius 1 is 1.33 bits per heavy atom. The molecule has 1 aliphatic carbocycles. The van der Waals surface area contributed by atoms with E-state index in [2.05, 4.69) is 10.3 Å². The molecule has 3 aliphatic rings. The minimum Gasteiger partial charge on any atom is -0.338 e. The first-order valence-electron chi connectivity index (χ1n) is 8.85. The Bertz CT molecular complexity index is 645. The summed E-state index contributed by atoms with van der Waals surface area (Å²) >= 11 is 1.48. The number of amides is 3. The Morgan fingerprint density at radius 3 is 2.67 bits per heavy atom. The van der Waals surface area contributed by atoms with E-state index in [1.807, 2.05) is 22.4 Å². The lowest BCUT2D eigenvalue weighted by atomic mass is 9.87. The lowest BCUT2D eigenvalue weighted by Gasteiger charge is -2.42. The fraction of sp³-hybridized carbons (Fsp3) is 0.706. The van der Waals surface area contributed by atoms with E-state index in [0.29, 0.717) is 25.6 Å². The largest absolute Gasteiger partial charge is 0.338 e. The second-order valence-corrected chi connectivity index (χ2v) is 8.14. The molecule has 3 amide bonds. The maximum absolute atomic E-state index is 13.0. The summed E-state index contributed by atoms with van der Waals surface area (Å²) in [5.41, 5.74) is 2.73. The molecule has 2 saturated heterocycles. The van der Waals surface area contributed by atoms with Crippen molar-refractivity contribution in [3.05, 3.63) is 16.1 Å². The zero-order valence-electron chi connectivity index (χ0n) is 14.1. The van der Waals surface area contributed by atoms with Crippen LogP contribution in [0.2, 0.25) is 0 Å². The number of rotatable bonds is 2. The van der Waals surface area contributed by atoms with E-state index in [1.165, 1.54) is 24.2 Å². The Kier molecular flexibility index (Phi) is 3.98. The van der Waals surface area contributed by atoms with Gasteiger partial charge in [-0.1, -0.05) is 12.8 Å². The standard InChI is InChI=1S/C17H24N4O2S/c1-20-16(23)18-10-17(20)6-8-21(9-7-17)15(22)14-13(19-11-24-14)12-4-2-3-5-12/h11-12H,2-10H2,1H3,(H,18,23).